The van der Waals surface area contributed by atoms with Gasteiger partial charge >= 0.3 is 6.09 Å². The first kappa shape index (κ1) is 22.0. The number of halogens is 1. The van der Waals surface area contributed by atoms with Crippen LogP contribution >= 0.6 is 0 Å². The van der Waals surface area contributed by atoms with Gasteiger partial charge in [-0.05, 0) is 56.2 Å². The molecule has 1 aromatic carbocycles. The van der Waals surface area contributed by atoms with Crippen LogP contribution in [-0.2, 0) is 9.53 Å². The Morgan fingerprint density at radius 2 is 1.72 bits per heavy atom. The van der Waals surface area contributed by atoms with Gasteiger partial charge in [0.05, 0.1) is 18.2 Å². The zero-order valence-corrected chi connectivity index (χ0v) is 18.2. The minimum Gasteiger partial charge on any atom is -0.450 e. The lowest BCUT2D eigenvalue weighted by molar-refractivity contribution is -0.137. The Hall–Kier alpha value is -3.23. The number of nitrogens with zero attached hydrogens (tertiary/aromatic N) is 5. The maximum atomic E-state index is 13.1. The standard InChI is InChI=1S/C23H28FN5O3/c1-2-32-23(31)28-14-12-27(13-15-28)22(30)18-4-3-11-29(16-18)21-10-9-20(25-26-21)17-5-7-19(24)8-6-17/h5-10,18H,2-4,11-16H2,1H3/t18-/m0/s1. The van der Waals surface area contributed by atoms with E-state index >= 15 is 0 Å². The molecule has 2 aliphatic rings. The fourth-order valence-corrected chi connectivity index (χ4v) is 4.24. The highest BCUT2D eigenvalue weighted by Crippen LogP contribution is 2.25. The third-order valence-corrected chi connectivity index (χ3v) is 6.00. The summed E-state index contributed by atoms with van der Waals surface area (Å²) in [6.07, 6.45) is 1.43. The van der Waals surface area contributed by atoms with Crippen LogP contribution in [0.3, 0.4) is 0 Å². The lowest BCUT2D eigenvalue weighted by atomic mass is 9.96. The molecule has 0 unspecified atom stereocenters. The van der Waals surface area contributed by atoms with Crippen molar-refractivity contribution in [3.05, 3.63) is 42.2 Å². The van der Waals surface area contributed by atoms with Crippen LogP contribution in [0.4, 0.5) is 15.0 Å². The summed E-state index contributed by atoms with van der Waals surface area (Å²) in [5, 5.41) is 8.65. The van der Waals surface area contributed by atoms with Crippen LogP contribution in [-0.4, -0.2) is 77.9 Å². The SMILES string of the molecule is CCOC(=O)N1CCN(C(=O)[C@H]2CCCN(c3ccc(-c4ccc(F)cc4)nn3)C2)CC1. The molecule has 2 aromatic rings. The van der Waals surface area contributed by atoms with Crippen molar-refractivity contribution in [1.82, 2.24) is 20.0 Å². The van der Waals surface area contributed by atoms with Gasteiger partial charge in [0.1, 0.15) is 5.82 Å². The molecule has 0 bridgehead atoms. The van der Waals surface area contributed by atoms with Crippen molar-refractivity contribution >= 4 is 17.8 Å². The normalized spacial score (nSPS) is 19.1. The molecule has 3 heterocycles. The molecule has 0 N–H and O–H groups in total. The summed E-state index contributed by atoms with van der Waals surface area (Å²) in [6, 6.07) is 9.93. The molecule has 170 valence electrons. The molecule has 2 saturated heterocycles. The summed E-state index contributed by atoms with van der Waals surface area (Å²) in [6.45, 7) is 5.61. The van der Waals surface area contributed by atoms with Crippen molar-refractivity contribution in [1.29, 1.82) is 0 Å². The van der Waals surface area contributed by atoms with Gasteiger partial charge in [0, 0.05) is 44.8 Å². The number of aromatic nitrogens is 2. The van der Waals surface area contributed by atoms with E-state index in [0.717, 1.165) is 30.8 Å². The molecule has 2 fully saturated rings. The van der Waals surface area contributed by atoms with E-state index in [1.54, 1.807) is 24.0 Å². The van der Waals surface area contributed by atoms with E-state index < -0.39 is 0 Å². The number of carbonyl (C=O) groups is 2. The Morgan fingerprint density at radius 3 is 2.38 bits per heavy atom. The quantitative estimate of drug-likeness (QED) is 0.726. The van der Waals surface area contributed by atoms with E-state index in [-0.39, 0.29) is 23.7 Å². The molecule has 0 spiro atoms. The minimum atomic E-state index is -0.314. The highest BCUT2D eigenvalue weighted by molar-refractivity contribution is 5.80. The topological polar surface area (TPSA) is 78.9 Å². The van der Waals surface area contributed by atoms with Crippen molar-refractivity contribution in [2.45, 2.75) is 19.8 Å². The van der Waals surface area contributed by atoms with E-state index in [1.807, 2.05) is 17.0 Å². The monoisotopic (exact) mass is 441 g/mol. The number of hydrogen-bond acceptors (Lipinski definition) is 6. The first-order chi connectivity index (χ1) is 15.5. The Labute approximate surface area is 187 Å². The summed E-state index contributed by atoms with van der Waals surface area (Å²) in [5.41, 5.74) is 1.48. The largest absolute Gasteiger partial charge is 0.450 e. The number of hydrogen-bond donors (Lipinski definition) is 0. The van der Waals surface area contributed by atoms with Gasteiger partial charge in [-0.3, -0.25) is 4.79 Å². The van der Waals surface area contributed by atoms with Crippen LogP contribution in [0.15, 0.2) is 36.4 Å². The molecule has 32 heavy (non-hydrogen) atoms. The van der Waals surface area contributed by atoms with Crippen molar-refractivity contribution in [3.63, 3.8) is 0 Å². The van der Waals surface area contributed by atoms with Gasteiger partial charge in [0.15, 0.2) is 5.82 Å². The van der Waals surface area contributed by atoms with E-state index in [2.05, 4.69) is 15.1 Å². The van der Waals surface area contributed by atoms with Gasteiger partial charge in [0.2, 0.25) is 5.91 Å². The number of rotatable bonds is 4. The fraction of sp³-hybridized carbons (Fsp3) is 0.478. The predicted molar refractivity (Wildman–Crippen MR) is 118 cm³/mol. The third-order valence-electron chi connectivity index (χ3n) is 6.00. The minimum absolute atomic E-state index is 0.100. The van der Waals surface area contributed by atoms with Crippen molar-refractivity contribution in [3.8, 4) is 11.3 Å². The highest BCUT2D eigenvalue weighted by Gasteiger charge is 2.32. The molecule has 0 saturated carbocycles. The lowest BCUT2D eigenvalue weighted by Crippen LogP contribution is -2.53. The van der Waals surface area contributed by atoms with Crippen molar-refractivity contribution in [2.24, 2.45) is 5.92 Å². The molecule has 4 rings (SSSR count). The second-order valence-electron chi connectivity index (χ2n) is 8.08. The molecular formula is C23H28FN5O3. The summed E-state index contributed by atoms with van der Waals surface area (Å²) >= 11 is 0. The van der Waals surface area contributed by atoms with Crippen LogP contribution < -0.4 is 4.90 Å². The van der Waals surface area contributed by atoms with Crippen LogP contribution in [0.5, 0.6) is 0 Å². The van der Waals surface area contributed by atoms with E-state index in [9.17, 15) is 14.0 Å². The summed E-state index contributed by atoms with van der Waals surface area (Å²) in [5.74, 6) is 0.482. The average molecular weight is 442 g/mol. The molecular weight excluding hydrogens is 413 g/mol. The van der Waals surface area contributed by atoms with Gasteiger partial charge in [-0.1, -0.05) is 0 Å². The van der Waals surface area contributed by atoms with Crippen LogP contribution in [0.1, 0.15) is 19.8 Å². The molecule has 8 nitrogen and oxygen atoms in total. The molecule has 2 aliphatic heterocycles. The second-order valence-corrected chi connectivity index (χ2v) is 8.08. The number of benzene rings is 1. The maximum absolute atomic E-state index is 13.1. The van der Waals surface area contributed by atoms with Gasteiger partial charge in [-0.15, -0.1) is 10.2 Å². The number of carbonyl (C=O) groups excluding carboxylic acids is 2. The lowest BCUT2D eigenvalue weighted by Gasteiger charge is -2.38. The first-order valence-corrected chi connectivity index (χ1v) is 11.1. The Balaban J connectivity index is 1.34. The number of anilines is 1. The summed E-state index contributed by atoms with van der Waals surface area (Å²) in [4.78, 5) is 30.6. The Morgan fingerprint density at radius 1 is 1.00 bits per heavy atom. The smallest absolute Gasteiger partial charge is 0.409 e. The Bertz CT molecular complexity index is 930. The van der Waals surface area contributed by atoms with Gasteiger partial charge in [-0.25, -0.2) is 9.18 Å². The van der Waals surface area contributed by atoms with Gasteiger partial charge in [0.25, 0.3) is 0 Å². The average Bonchev–Trinajstić information content (AvgIpc) is 2.84. The van der Waals surface area contributed by atoms with Crippen LogP contribution in [0.25, 0.3) is 11.3 Å². The van der Waals surface area contributed by atoms with Gasteiger partial charge in [-0.2, -0.15) is 0 Å². The number of piperidine rings is 1. The maximum Gasteiger partial charge on any atom is 0.409 e. The molecule has 1 atom stereocenters. The molecule has 0 aliphatic carbocycles. The second kappa shape index (κ2) is 9.93. The predicted octanol–water partition coefficient (Wildman–Crippen LogP) is 2.80. The Kier molecular flexibility index (Phi) is 6.82. The van der Waals surface area contributed by atoms with Crippen LogP contribution in [0, 0.1) is 11.7 Å². The van der Waals surface area contributed by atoms with Crippen LogP contribution in [0.2, 0.25) is 0 Å². The summed E-state index contributed by atoms with van der Waals surface area (Å²) in [7, 11) is 0. The molecule has 0 radical (unpaired) electrons. The van der Waals surface area contributed by atoms with E-state index in [0.29, 0.717) is 45.0 Å². The fourth-order valence-electron chi connectivity index (χ4n) is 4.24. The zero-order chi connectivity index (χ0) is 22.5. The number of piperazine rings is 1. The molecule has 2 amide bonds. The van der Waals surface area contributed by atoms with Crippen molar-refractivity contribution in [2.75, 3.05) is 50.8 Å². The van der Waals surface area contributed by atoms with E-state index in [4.69, 9.17) is 4.74 Å². The molecule has 1 aromatic heterocycles. The molecule has 9 heteroatoms. The number of amides is 2. The number of ether oxygens (including phenoxy) is 1. The van der Waals surface area contributed by atoms with Crippen molar-refractivity contribution < 1.29 is 18.7 Å². The first-order valence-electron chi connectivity index (χ1n) is 11.1. The third kappa shape index (κ3) is 4.98. The van der Waals surface area contributed by atoms with E-state index in [1.165, 1.54) is 12.1 Å². The highest BCUT2D eigenvalue weighted by atomic mass is 19.1. The van der Waals surface area contributed by atoms with Gasteiger partial charge < -0.3 is 19.4 Å². The zero-order valence-electron chi connectivity index (χ0n) is 18.2. The summed E-state index contributed by atoms with van der Waals surface area (Å²) < 4.78 is 18.2.